The zero-order valence-corrected chi connectivity index (χ0v) is 14.3. The second kappa shape index (κ2) is 7.28. The Balaban J connectivity index is 1.44. The van der Waals surface area contributed by atoms with E-state index in [1.165, 1.54) is 17.0 Å². The lowest BCUT2D eigenvalue weighted by Gasteiger charge is -2.08. The first-order valence-corrected chi connectivity index (χ1v) is 8.31. The normalized spacial score (nSPS) is 12.0. The van der Waals surface area contributed by atoms with Crippen molar-refractivity contribution >= 4 is 5.91 Å². The molecule has 0 aliphatic carbocycles. The molecular weight excluding hydrogens is 348 g/mol. The van der Waals surface area contributed by atoms with E-state index in [9.17, 15) is 9.59 Å². The van der Waals surface area contributed by atoms with Gasteiger partial charge in [-0.25, -0.2) is 4.98 Å². The van der Waals surface area contributed by atoms with Gasteiger partial charge in [-0.1, -0.05) is 6.07 Å². The summed E-state index contributed by atoms with van der Waals surface area (Å²) in [6.07, 6.45) is 4.71. The van der Waals surface area contributed by atoms with Crippen LogP contribution in [-0.2, 0) is 17.9 Å². The van der Waals surface area contributed by atoms with Gasteiger partial charge in [-0.2, -0.15) is 0 Å². The topological polar surface area (TPSA) is 95.3 Å². The van der Waals surface area contributed by atoms with Crippen LogP contribution in [0.1, 0.15) is 5.56 Å². The molecule has 4 rings (SSSR count). The number of nitrogens with one attached hydrogen (secondary N) is 1. The lowest BCUT2D eigenvalue weighted by atomic mass is 10.1. The maximum atomic E-state index is 12.3. The fourth-order valence-electron chi connectivity index (χ4n) is 2.67. The Labute approximate surface area is 154 Å². The fourth-order valence-corrected chi connectivity index (χ4v) is 2.67. The molecule has 1 aliphatic heterocycles. The van der Waals surface area contributed by atoms with Crippen LogP contribution in [-0.4, -0.2) is 27.2 Å². The molecule has 0 unspecified atom stereocenters. The Hall–Kier alpha value is -3.68. The number of pyridine rings is 1. The Morgan fingerprint density at radius 1 is 1.19 bits per heavy atom. The number of ether oxygens (including phenoxy) is 2. The summed E-state index contributed by atoms with van der Waals surface area (Å²) in [5.41, 5.74) is 1.82. The molecule has 0 saturated carbocycles. The second-order valence-corrected chi connectivity index (χ2v) is 5.95. The van der Waals surface area contributed by atoms with Gasteiger partial charge in [0.15, 0.2) is 11.5 Å². The molecule has 0 bridgehead atoms. The van der Waals surface area contributed by atoms with Crippen LogP contribution in [0.4, 0.5) is 0 Å². The molecule has 2 aromatic heterocycles. The van der Waals surface area contributed by atoms with E-state index in [0.717, 1.165) is 11.1 Å². The van der Waals surface area contributed by atoms with Crippen molar-refractivity contribution in [1.82, 2.24) is 19.9 Å². The number of hydrogen-bond donors (Lipinski definition) is 1. The molecule has 1 amide bonds. The minimum atomic E-state index is -0.311. The zero-order valence-electron chi connectivity index (χ0n) is 14.3. The minimum absolute atomic E-state index is 0.104. The summed E-state index contributed by atoms with van der Waals surface area (Å²) in [4.78, 5) is 32.7. The Morgan fingerprint density at radius 3 is 2.89 bits per heavy atom. The summed E-state index contributed by atoms with van der Waals surface area (Å²) in [7, 11) is 0. The zero-order chi connectivity index (χ0) is 18.6. The van der Waals surface area contributed by atoms with Crippen LogP contribution in [0.25, 0.3) is 11.3 Å². The predicted octanol–water partition coefficient (Wildman–Crippen LogP) is 1.35. The third-order valence-corrected chi connectivity index (χ3v) is 4.07. The average Bonchev–Trinajstić information content (AvgIpc) is 3.16. The van der Waals surface area contributed by atoms with Crippen molar-refractivity contribution in [3.8, 4) is 22.8 Å². The lowest BCUT2D eigenvalue weighted by molar-refractivity contribution is -0.121. The van der Waals surface area contributed by atoms with E-state index in [2.05, 4.69) is 15.3 Å². The summed E-state index contributed by atoms with van der Waals surface area (Å²) in [5.74, 6) is 1.00. The van der Waals surface area contributed by atoms with Crippen molar-refractivity contribution in [3.63, 3.8) is 0 Å². The highest BCUT2D eigenvalue weighted by Gasteiger charge is 2.15. The van der Waals surface area contributed by atoms with E-state index in [4.69, 9.17) is 9.47 Å². The highest BCUT2D eigenvalue weighted by Crippen LogP contribution is 2.35. The van der Waals surface area contributed by atoms with Crippen molar-refractivity contribution in [2.75, 3.05) is 6.79 Å². The van der Waals surface area contributed by atoms with E-state index in [1.54, 1.807) is 36.7 Å². The van der Waals surface area contributed by atoms with Crippen LogP contribution in [0, 0.1) is 0 Å². The average molecular weight is 364 g/mol. The molecule has 0 fully saturated rings. The Bertz CT molecular complexity index is 1030. The van der Waals surface area contributed by atoms with Gasteiger partial charge in [0.2, 0.25) is 12.7 Å². The number of hydrogen-bond acceptors (Lipinski definition) is 6. The van der Waals surface area contributed by atoms with Crippen LogP contribution in [0.3, 0.4) is 0 Å². The van der Waals surface area contributed by atoms with Gasteiger partial charge < -0.3 is 14.8 Å². The molecule has 1 aliphatic rings. The van der Waals surface area contributed by atoms with Crippen LogP contribution >= 0.6 is 0 Å². The molecule has 0 spiro atoms. The number of carbonyl (C=O) groups excluding carboxylic acids is 1. The van der Waals surface area contributed by atoms with Crippen molar-refractivity contribution in [1.29, 1.82) is 0 Å². The maximum absolute atomic E-state index is 12.3. The van der Waals surface area contributed by atoms with Crippen LogP contribution in [0.15, 0.2) is 59.9 Å². The number of fused-ring (bicyclic) bond motifs is 1. The van der Waals surface area contributed by atoms with Crippen LogP contribution in [0.5, 0.6) is 11.5 Å². The quantitative estimate of drug-likeness (QED) is 0.734. The smallest absolute Gasteiger partial charge is 0.254 e. The molecule has 3 heterocycles. The number of amides is 1. The number of benzene rings is 1. The summed E-state index contributed by atoms with van der Waals surface area (Å²) in [6.45, 7) is 0.430. The van der Waals surface area contributed by atoms with Gasteiger partial charge in [0.1, 0.15) is 6.54 Å². The summed E-state index contributed by atoms with van der Waals surface area (Å²) < 4.78 is 11.9. The van der Waals surface area contributed by atoms with Gasteiger partial charge >= 0.3 is 0 Å². The molecule has 3 aromatic rings. The predicted molar refractivity (Wildman–Crippen MR) is 96.1 cm³/mol. The first-order valence-electron chi connectivity index (χ1n) is 8.31. The van der Waals surface area contributed by atoms with E-state index < -0.39 is 0 Å². The van der Waals surface area contributed by atoms with Crippen molar-refractivity contribution in [2.24, 2.45) is 0 Å². The molecule has 0 saturated heterocycles. The molecule has 0 atom stereocenters. The monoisotopic (exact) mass is 364 g/mol. The molecule has 136 valence electrons. The van der Waals surface area contributed by atoms with Crippen molar-refractivity contribution in [2.45, 2.75) is 13.1 Å². The van der Waals surface area contributed by atoms with Gasteiger partial charge in [0.25, 0.3) is 5.56 Å². The number of aromatic nitrogens is 3. The minimum Gasteiger partial charge on any atom is -0.454 e. The first-order chi connectivity index (χ1) is 13.2. The lowest BCUT2D eigenvalue weighted by Crippen LogP contribution is -2.31. The van der Waals surface area contributed by atoms with Crippen molar-refractivity contribution in [3.05, 3.63) is 71.0 Å². The number of nitrogens with zero attached hydrogens (tertiary/aromatic N) is 3. The highest BCUT2D eigenvalue weighted by molar-refractivity contribution is 5.75. The van der Waals surface area contributed by atoms with E-state index >= 15 is 0 Å². The van der Waals surface area contributed by atoms with Crippen LogP contribution < -0.4 is 20.3 Å². The maximum Gasteiger partial charge on any atom is 0.254 e. The Morgan fingerprint density at radius 2 is 2.07 bits per heavy atom. The first kappa shape index (κ1) is 16.8. The molecule has 8 nitrogen and oxygen atoms in total. The standard InChI is InChI=1S/C19H16N4O4/c24-18(21-9-13-2-1-5-20-8-13)10-23-11-22-15(7-19(23)25)14-3-4-16-17(6-14)27-12-26-16/h1-8,11H,9-10,12H2,(H,21,24). The van der Waals surface area contributed by atoms with Crippen molar-refractivity contribution < 1.29 is 14.3 Å². The molecule has 27 heavy (non-hydrogen) atoms. The highest BCUT2D eigenvalue weighted by atomic mass is 16.7. The number of rotatable bonds is 5. The largest absolute Gasteiger partial charge is 0.454 e. The van der Waals surface area contributed by atoms with Gasteiger partial charge in [-0.3, -0.25) is 19.1 Å². The summed E-state index contributed by atoms with van der Waals surface area (Å²) >= 11 is 0. The SMILES string of the molecule is O=C(Cn1cnc(-c2ccc3c(c2)OCO3)cc1=O)NCc1cccnc1. The van der Waals surface area contributed by atoms with E-state index in [-0.39, 0.29) is 24.8 Å². The molecule has 1 aromatic carbocycles. The van der Waals surface area contributed by atoms with Gasteiger partial charge in [0.05, 0.1) is 12.0 Å². The molecule has 0 radical (unpaired) electrons. The number of carbonyl (C=O) groups is 1. The third kappa shape index (κ3) is 3.79. The summed E-state index contributed by atoms with van der Waals surface area (Å²) in [6, 6.07) is 10.4. The third-order valence-electron chi connectivity index (χ3n) is 4.07. The second-order valence-electron chi connectivity index (χ2n) is 5.95. The molecule has 1 N–H and O–H groups in total. The van der Waals surface area contributed by atoms with Gasteiger partial charge in [0, 0.05) is 30.6 Å². The Kier molecular flexibility index (Phi) is 4.52. The van der Waals surface area contributed by atoms with E-state index in [0.29, 0.717) is 23.7 Å². The van der Waals surface area contributed by atoms with Gasteiger partial charge in [-0.05, 0) is 29.8 Å². The van der Waals surface area contributed by atoms with Crippen LogP contribution in [0.2, 0.25) is 0 Å². The van der Waals surface area contributed by atoms with Gasteiger partial charge in [-0.15, -0.1) is 0 Å². The molecule has 8 heteroatoms. The molecular formula is C19H16N4O4. The summed E-state index contributed by atoms with van der Waals surface area (Å²) in [5, 5.41) is 2.75. The van der Waals surface area contributed by atoms with E-state index in [1.807, 2.05) is 6.07 Å². The fraction of sp³-hybridized carbons (Fsp3) is 0.158.